The summed E-state index contributed by atoms with van der Waals surface area (Å²) in [6.45, 7) is 1.41. The fourth-order valence-corrected chi connectivity index (χ4v) is 2.05. The normalized spacial score (nSPS) is 20.4. The van der Waals surface area contributed by atoms with Gasteiger partial charge in [0.25, 0.3) is 5.91 Å². The maximum atomic E-state index is 11.9. The Bertz CT molecular complexity index is 375. The molecule has 1 heterocycles. The molecule has 16 heavy (non-hydrogen) atoms. The molecule has 1 N–H and O–H groups in total. The largest absolute Gasteiger partial charge is 0.379 e. The second-order valence-corrected chi connectivity index (χ2v) is 4.39. The van der Waals surface area contributed by atoms with Crippen LogP contribution >= 0.6 is 12.6 Å². The van der Waals surface area contributed by atoms with Crippen LogP contribution in [0.3, 0.4) is 0 Å². The highest BCUT2D eigenvalue weighted by molar-refractivity contribution is 7.80. The summed E-state index contributed by atoms with van der Waals surface area (Å²) in [6.07, 6.45) is 1.99. The van der Waals surface area contributed by atoms with Crippen LogP contribution in [-0.4, -0.2) is 25.2 Å². The number of hydrogen-bond donors (Lipinski definition) is 2. The Hall–Kier alpha value is -1.00. The summed E-state index contributed by atoms with van der Waals surface area (Å²) in [5, 5.41) is 2.96. The van der Waals surface area contributed by atoms with E-state index in [2.05, 4.69) is 17.9 Å². The molecule has 0 radical (unpaired) electrons. The van der Waals surface area contributed by atoms with Gasteiger partial charge in [-0.1, -0.05) is 12.1 Å². The molecule has 0 aliphatic carbocycles. The third kappa shape index (κ3) is 2.77. The number of nitrogens with one attached hydrogen (secondary N) is 1. The van der Waals surface area contributed by atoms with Gasteiger partial charge in [-0.2, -0.15) is 0 Å². The van der Waals surface area contributed by atoms with E-state index in [1.54, 1.807) is 6.07 Å². The van der Waals surface area contributed by atoms with Crippen molar-refractivity contribution in [2.45, 2.75) is 23.8 Å². The minimum atomic E-state index is -0.0684. The van der Waals surface area contributed by atoms with E-state index in [1.807, 2.05) is 18.2 Å². The second-order valence-electron chi connectivity index (χ2n) is 3.90. The molecule has 4 heteroatoms. The Morgan fingerprint density at radius 3 is 2.94 bits per heavy atom. The van der Waals surface area contributed by atoms with E-state index in [1.165, 1.54) is 0 Å². The molecule has 2 rings (SSSR count). The van der Waals surface area contributed by atoms with Gasteiger partial charge >= 0.3 is 0 Å². The van der Waals surface area contributed by atoms with Crippen molar-refractivity contribution in [2.24, 2.45) is 0 Å². The molecule has 1 unspecified atom stereocenters. The molecule has 1 amide bonds. The fourth-order valence-electron chi connectivity index (χ4n) is 1.78. The molecular formula is C12H15NO2S. The Balaban J connectivity index is 2.00. The summed E-state index contributed by atoms with van der Waals surface area (Å²) < 4.78 is 5.32. The molecule has 1 aliphatic rings. The van der Waals surface area contributed by atoms with Crippen molar-refractivity contribution in [3.63, 3.8) is 0 Å². The zero-order valence-electron chi connectivity index (χ0n) is 8.98. The predicted molar refractivity (Wildman–Crippen MR) is 65.0 cm³/mol. The average Bonchev–Trinajstić information content (AvgIpc) is 2.31. The summed E-state index contributed by atoms with van der Waals surface area (Å²) in [6, 6.07) is 7.43. The third-order valence-corrected chi connectivity index (χ3v) is 3.03. The quantitative estimate of drug-likeness (QED) is 0.771. The topological polar surface area (TPSA) is 38.3 Å². The average molecular weight is 237 g/mol. The highest BCUT2D eigenvalue weighted by atomic mass is 32.1. The third-order valence-electron chi connectivity index (χ3n) is 2.64. The molecule has 0 bridgehead atoms. The van der Waals surface area contributed by atoms with Crippen LogP contribution in [0.1, 0.15) is 23.2 Å². The summed E-state index contributed by atoms with van der Waals surface area (Å²) in [5.74, 6) is -0.0684. The Labute approximate surface area is 101 Å². The van der Waals surface area contributed by atoms with Gasteiger partial charge in [-0.15, -0.1) is 12.6 Å². The number of ether oxygens (including phenoxy) is 1. The van der Waals surface area contributed by atoms with E-state index in [4.69, 9.17) is 4.74 Å². The molecule has 0 spiro atoms. The number of rotatable bonds is 2. The van der Waals surface area contributed by atoms with Crippen LogP contribution in [0.15, 0.2) is 29.2 Å². The molecule has 1 aliphatic heterocycles. The first-order valence-electron chi connectivity index (χ1n) is 5.44. The number of carbonyl (C=O) groups is 1. The maximum absolute atomic E-state index is 11.9. The predicted octanol–water partition coefficient (Wildman–Crippen LogP) is 1.88. The van der Waals surface area contributed by atoms with Crippen molar-refractivity contribution < 1.29 is 9.53 Å². The first-order chi connectivity index (χ1) is 7.77. The van der Waals surface area contributed by atoms with Crippen LogP contribution in [0.5, 0.6) is 0 Å². The summed E-state index contributed by atoms with van der Waals surface area (Å²) >= 11 is 4.26. The first kappa shape index (κ1) is 11.5. The summed E-state index contributed by atoms with van der Waals surface area (Å²) in [5.41, 5.74) is 0.622. The van der Waals surface area contributed by atoms with Crippen LogP contribution in [0, 0.1) is 0 Å². The van der Waals surface area contributed by atoms with Crippen molar-refractivity contribution in [3.05, 3.63) is 29.8 Å². The summed E-state index contributed by atoms with van der Waals surface area (Å²) in [7, 11) is 0. The number of hydrogen-bond acceptors (Lipinski definition) is 3. The van der Waals surface area contributed by atoms with Crippen molar-refractivity contribution in [1.29, 1.82) is 0 Å². The van der Waals surface area contributed by atoms with Gasteiger partial charge in [0.15, 0.2) is 0 Å². The maximum Gasteiger partial charge on any atom is 0.252 e. The van der Waals surface area contributed by atoms with E-state index in [0.717, 1.165) is 19.4 Å². The van der Waals surface area contributed by atoms with Crippen molar-refractivity contribution >= 4 is 18.5 Å². The minimum Gasteiger partial charge on any atom is -0.379 e. The standard InChI is InChI=1S/C12H15NO2S/c14-12(10-5-1-2-6-11(10)16)13-9-4-3-7-15-8-9/h1-2,5-6,9,16H,3-4,7-8H2,(H,13,14). The van der Waals surface area contributed by atoms with Crippen molar-refractivity contribution in [3.8, 4) is 0 Å². The monoisotopic (exact) mass is 237 g/mol. The number of amides is 1. The lowest BCUT2D eigenvalue weighted by Gasteiger charge is -2.23. The van der Waals surface area contributed by atoms with E-state index in [9.17, 15) is 4.79 Å². The minimum absolute atomic E-state index is 0.0684. The van der Waals surface area contributed by atoms with Crippen LogP contribution in [-0.2, 0) is 4.74 Å². The van der Waals surface area contributed by atoms with Gasteiger partial charge in [0.05, 0.1) is 18.2 Å². The molecular weight excluding hydrogens is 222 g/mol. The molecule has 1 atom stereocenters. The Morgan fingerprint density at radius 1 is 1.44 bits per heavy atom. The molecule has 0 aromatic heterocycles. The Morgan fingerprint density at radius 2 is 2.25 bits per heavy atom. The van der Waals surface area contributed by atoms with E-state index in [0.29, 0.717) is 17.1 Å². The number of benzene rings is 1. The molecule has 1 aromatic rings. The lowest BCUT2D eigenvalue weighted by Crippen LogP contribution is -2.40. The molecule has 1 aromatic carbocycles. The lowest BCUT2D eigenvalue weighted by atomic mass is 10.1. The number of thiol groups is 1. The van der Waals surface area contributed by atoms with Crippen LogP contribution < -0.4 is 5.32 Å². The van der Waals surface area contributed by atoms with Gasteiger partial charge in [-0.05, 0) is 25.0 Å². The first-order valence-corrected chi connectivity index (χ1v) is 5.88. The van der Waals surface area contributed by atoms with Gasteiger partial charge in [0, 0.05) is 11.5 Å². The fraction of sp³-hybridized carbons (Fsp3) is 0.417. The van der Waals surface area contributed by atoms with E-state index in [-0.39, 0.29) is 11.9 Å². The van der Waals surface area contributed by atoms with Gasteiger partial charge < -0.3 is 10.1 Å². The molecule has 0 saturated carbocycles. The van der Waals surface area contributed by atoms with Crippen molar-refractivity contribution in [1.82, 2.24) is 5.32 Å². The van der Waals surface area contributed by atoms with Crippen LogP contribution in [0.2, 0.25) is 0 Å². The molecule has 3 nitrogen and oxygen atoms in total. The highest BCUT2D eigenvalue weighted by Crippen LogP contribution is 2.14. The molecule has 86 valence electrons. The van der Waals surface area contributed by atoms with Gasteiger partial charge in [-0.25, -0.2) is 0 Å². The zero-order valence-corrected chi connectivity index (χ0v) is 9.87. The van der Waals surface area contributed by atoms with Crippen LogP contribution in [0.4, 0.5) is 0 Å². The molecule has 1 saturated heterocycles. The Kier molecular flexibility index (Phi) is 3.85. The zero-order chi connectivity index (χ0) is 11.4. The second kappa shape index (κ2) is 5.37. The van der Waals surface area contributed by atoms with E-state index < -0.39 is 0 Å². The lowest BCUT2D eigenvalue weighted by molar-refractivity contribution is 0.0623. The highest BCUT2D eigenvalue weighted by Gasteiger charge is 2.17. The smallest absolute Gasteiger partial charge is 0.252 e. The molecule has 1 fully saturated rings. The summed E-state index contributed by atoms with van der Waals surface area (Å²) in [4.78, 5) is 12.6. The van der Waals surface area contributed by atoms with Crippen molar-refractivity contribution in [2.75, 3.05) is 13.2 Å². The van der Waals surface area contributed by atoms with Gasteiger partial charge in [0.2, 0.25) is 0 Å². The SMILES string of the molecule is O=C(NC1CCCOC1)c1ccccc1S. The van der Waals surface area contributed by atoms with Gasteiger partial charge in [0.1, 0.15) is 0 Å². The van der Waals surface area contributed by atoms with Gasteiger partial charge in [-0.3, -0.25) is 4.79 Å². The number of carbonyl (C=O) groups excluding carboxylic acids is 1. The van der Waals surface area contributed by atoms with Crippen LogP contribution in [0.25, 0.3) is 0 Å². The van der Waals surface area contributed by atoms with E-state index >= 15 is 0 Å².